The first-order valence-corrected chi connectivity index (χ1v) is 6.31. The van der Waals surface area contributed by atoms with Gasteiger partial charge in [0.15, 0.2) is 0 Å². The summed E-state index contributed by atoms with van der Waals surface area (Å²) in [7, 11) is 4.06. The Labute approximate surface area is 110 Å². The van der Waals surface area contributed by atoms with E-state index >= 15 is 0 Å². The standard InChI is InChI=1S/C12H18BrFN2O/c1-16(2)5-3-15-4-6-17-12-8-10(13)7-11(14)9-12/h7-9,15H,3-6H2,1-2H3. The largest absolute Gasteiger partial charge is 0.492 e. The molecule has 0 fully saturated rings. The lowest BCUT2D eigenvalue weighted by atomic mass is 10.3. The molecule has 1 aromatic rings. The number of nitrogens with zero attached hydrogens (tertiary/aromatic N) is 1. The van der Waals surface area contributed by atoms with Crippen molar-refractivity contribution >= 4 is 15.9 Å². The van der Waals surface area contributed by atoms with Crippen LogP contribution in [0.2, 0.25) is 0 Å². The van der Waals surface area contributed by atoms with Crippen LogP contribution in [0.5, 0.6) is 5.75 Å². The summed E-state index contributed by atoms with van der Waals surface area (Å²) in [4.78, 5) is 2.11. The third-order valence-electron chi connectivity index (χ3n) is 2.12. The van der Waals surface area contributed by atoms with E-state index in [1.807, 2.05) is 14.1 Å². The van der Waals surface area contributed by atoms with Gasteiger partial charge in [-0.2, -0.15) is 0 Å². The molecule has 0 amide bonds. The number of nitrogens with one attached hydrogen (secondary N) is 1. The maximum absolute atomic E-state index is 13.0. The van der Waals surface area contributed by atoms with Crippen molar-refractivity contribution in [1.29, 1.82) is 0 Å². The molecule has 0 saturated heterocycles. The van der Waals surface area contributed by atoms with Crippen LogP contribution >= 0.6 is 15.9 Å². The van der Waals surface area contributed by atoms with Gasteiger partial charge in [-0.3, -0.25) is 0 Å². The van der Waals surface area contributed by atoms with Crippen molar-refractivity contribution in [3.8, 4) is 5.75 Å². The minimum absolute atomic E-state index is 0.296. The monoisotopic (exact) mass is 304 g/mol. The lowest BCUT2D eigenvalue weighted by Gasteiger charge is -2.11. The van der Waals surface area contributed by atoms with Gasteiger partial charge in [-0.15, -0.1) is 0 Å². The highest BCUT2D eigenvalue weighted by atomic mass is 79.9. The molecule has 96 valence electrons. The molecule has 5 heteroatoms. The Morgan fingerprint density at radius 2 is 2.06 bits per heavy atom. The number of hydrogen-bond donors (Lipinski definition) is 1. The minimum atomic E-state index is -0.296. The second kappa shape index (κ2) is 7.63. The fourth-order valence-corrected chi connectivity index (χ4v) is 1.72. The third kappa shape index (κ3) is 6.61. The van der Waals surface area contributed by atoms with Crippen LogP contribution in [-0.4, -0.2) is 45.2 Å². The first-order chi connectivity index (χ1) is 8.08. The minimum Gasteiger partial charge on any atom is -0.492 e. The average Bonchev–Trinajstić information content (AvgIpc) is 2.21. The van der Waals surface area contributed by atoms with Gasteiger partial charge in [0.05, 0.1) is 0 Å². The topological polar surface area (TPSA) is 24.5 Å². The second-order valence-corrected chi connectivity index (χ2v) is 4.92. The summed E-state index contributed by atoms with van der Waals surface area (Å²) in [5.74, 6) is 0.251. The van der Waals surface area contributed by atoms with E-state index in [1.54, 1.807) is 6.07 Å². The number of halogens is 2. The van der Waals surface area contributed by atoms with Crippen LogP contribution < -0.4 is 10.1 Å². The van der Waals surface area contributed by atoms with E-state index in [0.717, 1.165) is 19.6 Å². The van der Waals surface area contributed by atoms with E-state index in [1.165, 1.54) is 12.1 Å². The van der Waals surface area contributed by atoms with Gasteiger partial charge in [-0.25, -0.2) is 4.39 Å². The summed E-state index contributed by atoms with van der Waals surface area (Å²) in [6.45, 7) is 3.19. The van der Waals surface area contributed by atoms with Crippen molar-refractivity contribution in [2.45, 2.75) is 0 Å². The predicted octanol–water partition coefficient (Wildman–Crippen LogP) is 2.12. The van der Waals surface area contributed by atoms with Gasteiger partial charge >= 0.3 is 0 Å². The molecule has 0 spiro atoms. The molecule has 0 aliphatic heterocycles. The molecule has 0 atom stereocenters. The van der Waals surface area contributed by atoms with Gasteiger partial charge < -0.3 is 15.0 Å². The lowest BCUT2D eigenvalue weighted by Crippen LogP contribution is -2.29. The molecule has 0 aliphatic rings. The normalized spacial score (nSPS) is 10.9. The molecule has 0 saturated carbocycles. The Morgan fingerprint density at radius 3 is 2.71 bits per heavy atom. The highest BCUT2D eigenvalue weighted by Gasteiger charge is 1.99. The highest BCUT2D eigenvalue weighted by molar-refractivity contribution is 9.10. The molecule has 17 heavy (non-hydrogen) atoms. The van der Waals surface area contributed by atoms with Crippen LogP contribution in [0.4, 0.5) is 4.39 Å². The molecule has 0 unspecified atom stereocenters. The quantitative estimate of drug-likeness (QED) is 0.781. The molecular weight excluding hydrogens is 287 g/mol. The summed E-state index contributed by atoms with van der Waals surface area (Å²) >= 11 is 3.22. The number of hydrogen-bond acceptors (Lipinski definition) is 3. The van der Waals surface area contributed by atoms with Gasteiger partial charge in [-0.1, -0.05) is 15.9 Å². The van der Waals surface area contributed by atoms with Gasteiger partial charge in [0, 0.05) is 30.2 Å². The Kier molecular flexibility index (Phi) is 6.47. The molecule has 0 aliphatic carbocycles. The van der Waals surface area contributed by atoms with Crippen LogP contribution in [0.15, 0.2) is 22.7 Å². The third-order valence-corrected chi connectivity index (χ3v) is 2.58. The number of ether oxygens (including phenoxy) is 1. The van der Waals surface area contributed by atoms with Crippen molar-refractivity contribution in [3.05, 3.63) is 28.5 Å². The maximum atomic E-state index is 13.0. The molecular formula is C12H18BrFN2O. The summed E-state index contributed by atoms with van der Waals surface area (Å²) in [5, 5.41) is 3.24. The van der Waals surface area contributed by atoms with Crippen LogP contribution in [0, 0.1) is 5.82 Å². The fraction of sp³-hybridized carbons (Fsp3) is 0.500. The first kappa shape index (κ1) is 14.4. The van der Waals surface area contributed by atoms with Crippen LogP contribution in [-0.2, 0) is 0 Å². The zero-order valence-electron chi connectivity index (χ0n) is 10.2. The van der Waals surface area contributed by atoms with Crippen molar-refractivity contribution in [1.82, 2.24) is 10.2 Å². The lowest BCUT2D eigenvalue weighted by molar-refractivity contribution is 0.307. The summed E-state index contributed by atoms with van der Waals surface area (Å²) in [5.41, 5.74) is 0. The molecule has 1 rings (SSSR count). The van der Waals surface area contributed by atoms with Gasteiger partial charge in [0.2, 0.25) is 0 Å². The number of likely N-dealkylation sites (N-methyl/N-ethyl adjacent to an activating group) is 1. The summed E-state index contributed by atoms with van der Waals surface area (Å²) < 4.78 is 19.1. The first-order valence-electron chi connectivity index (χ1n) is 5.52. The molecule has 3 nitrogen and oxygen atoms in total. The average molecular weight is 305 g/mol. The van der Waals surface area contributed by atoms with E-state index in [-0.39, 0.29) is 5.82 Å². The van der Waals surface area contributed by atoms with Crippen molar-refractivity contribution in [3.63, 3.8) is 0 Å². The predicted molar refractivity (Wildman–Crippen MR) is 71.0 cm³/mol. The van der Waals surface area contributed by atoms with Gasteiger partial charge in [0.25, 0.3) is 0 Å². The van der Waals surface area contributed by atoms with Crippen molar-refractivity contribution < 1.29 is 9.13 Å². The molecule has 1 aromatic carbocycles. The second-order valence-electron chi connectivity index (χ2n) is 4.01. The maximum Gasteiger partial charge on any atom is 0.128 e. The molecule has 0 bridgehead atoms. The van der Waals surface area contributed by atoms with E-state index in [9.17, 15) is 4.39 Å². The zero-order chi connectivity index (χ0) is 12.7. The zero-order valence-corrected chi connectivity index (χ0v) is 11.8. The van der Waals surface area contributed by atoms with Gasteiger partial charge in [0.1, 0.15) is 18.2 Å². The fourth-order valence-electron chi connectivity index (χ4n) is 1.28. The van der Waals surface area contributed by atoms with Crippen LogP contribution in [0.1, 0.15) is 0 Å². The van der Waals surface area contributed by atoms with E-state index in [0.29, 0.717) is 16.8 Å². The Balaban J connectivity index is 2.18. The van der Waals surface area contributed by atoms with E-state index in [4.69, 9.17) is 4.74 Å². The van der Waals surface area contributed by atoms with Crippen molar-refractivity contribution in [2.24, 2.45) is 0 Å². The van der Waals surface area contributed by atoms with Crippen LogP contribution in [0.25, 0.3) is 0 Å². The summed E-state index contributed by atoms with van der Waals surface area (Å²) in [6, 6.07) is 4.54. The van der Waals surface area contributed by atoms with Crippen molar-refractivity contribution in [2.75, 3.05) is 40.3 Å². The molecule has 0 heterocycles. The highest BCUT2D eigenvalue weighted by Crippen LogP contribution is 2.20. The molecule has 0 radical (unpaired) electrons. The Hall–Kier alpha value is -0.650. The van der Waals surface area contributed by atoms with Gasteiger partial charge in [-0.05, 0) is 26.2 Å². The number of benzene rings is 1. The summed E-state index contributed by atoms with van der Waals surface area (Å²) in [6.07, 6.45) is 0. The smallest absolute Gasteiger partial charge is 0.128 e. The van der Waals surface area contributed by atoms with E-state index in [2.05, 4.69) is 26.1 Å². The Bertz CT molecular complexity index is 327. The van der Waals surface area contributed by atoms with Crippen LogP contribution in [0.3, 0.4) is 0 Å². The molecule has 0 aromatic heterocycles. The van der Waals surface area contributed by atoms with E-state index < -0.39 is 0 Å². The number of rotatable bonds is 7. The molecule has 1 N–H and O–H groups in total. The Morgan fingerprint density at radius 1 is 1.29 bits per heavy atom. The SMILES string of the molecule is CN(C)CCNCCOc1cc(F)cc(Br)c1.